The molecule has 9 heavy (non-hydrogen) atoms. The second-order valence-electron chi connectivity index (χ2n) is 1.75. The van der Waals surface area contributed by atoms with Crippen LogP contribution in [0.25, 0.3) is 0 Å². The molecule has 2 N–H and O–H groups in total. The SMILES string of the molecule is O.O=CN1CCOCC1. The van der Waals surface area contributed by atoms with Crippen LogP contribution in [0.2, 0.25) is 0 Å². The monoisotopic (exact) mass is 133 g/mol. The van der Waals surface area contributed by atoms with Gasteiger partial charge in [-0.1, -0.05) is 0 Å². The first-order valence-corrected chi connectivity index (χ1v) is 2.70. The highest BCUT2D eigenvalue weighted by Crippen LogP contribution is 1.90. The fraction of sp³-hybridized carbons (Fsp3) is 0.800. The van der Waals surface area contributed by atoms with Crippen LogP contribution in [0.15, 0.2) is 0 Å². The third kappa shape index (κ3) is 2.43. The second-order valence-corrected chi connectivity index (χ2v) is 1.75. The van der Waals surface area contributed by atoms with Crippen molar-refractivity contribution in [3.05, 3.63) is 0 Å². The number of hydrogen-bond donors (Lipinski definition) is 0. The van der Waals surface area contributed by atoms with Crippen LogP contribution in [0.3, 0.4) is 0 Å². The summed E-state index contributed by atoms with van der Waals surface area (Å²) in [4.78, 5) is 11.7. The van der Waals surface area contributed by atoms with E-state index >= 15 is 0 Å². The van der Waals surface area contributed by atoms with E-state index in [2.05, 4.69) is 0 Å². The lowest BCUT2D eigenvalue weighted by molar-refractivity contribution is -0.121. The molecule has 0 unspecified atom stereocenters. The van der Waals surface area contributed by atoms with Crippen molar-refractivity contribution in [2.45, 2.75) is 0 Å². The maximum absolute atomic E-state index is 10.0. The predicted molar refractivity (Wildman–Crippen MR) is 32.1 cm³/mol. The molecule has 1 saturated heterocycles. The van der Waals surface area contributed by atoms with Gasteiger partial charge in [0.25, 0.3) is 0 Å². The minimum Gasteiger partial charge on any atom is -0.412 e. The summed E-state index contributed by atoms with van der Waals surface area (Å²) in [5, 5.41) is 0. The quantitative estimate of drug-likeness (QED) is 0.415. The zero-order valence-electron chi connectivity index (χ0n) is 5.17. The van der Waals surface area contributed by atoms with Crippen molar-refractivity contribution in [3.63, 3.8) is 0 Å². The summed E-state index contributed by atoms with van der Waals surface area (Å²) < 4.78 is 5.00. The molecule has 4 heteroatoms. The van der Waals surface area contributed by atoms with Crippen molar-refractivity contribution in [3.8, 4) is 0 Å². The van der Waals surface area contributed by atoms with E-state index < -0.39 is 0 Å². The van der Waals surface area contributed by atoms with Gasteiger partial charge < -0.3 is 15.1 Å². The highest BCUT2D eigenvalue weighted by molar-refractivity contribution is 5.46. The van der Waals surface area contributed by atoms with Gasteiger partial charge in [-0.25, -0.2) is 0 Å². The van der Waals surface area contributed by atoms with Gasteiger partial charge in [0, 0.05) is 13.1 Å². The van der Waals surface area contributed by atoms with E-state index in [0.29, 0.717) is 13.2 Å². The molecular formula is C5H11NO3. The number of morpholine rings is 1. The molecule has 0 spiro atoms. The van der Waals surface area contributed by atoms with Gasteiger partial charge >= 0.3 is 0 Å². The summed E-state index contributed by atoms with van der Waals surface area (Å²) in [7, 11) is 0. The average molecular weight is 133 g/mol. The molecule has 4 nitrogen and oxygen atoms in total. The molecule has 0 aromatic rings. The minimum absolute atomic E-state index is 0. The van der Waals surface area contributed by atoms with Gasteiger partial charge in [0.05, 0.1) is 13.2 Å². The largest absolute Gasteiger partial charge is 0.412 e. The Morgan fingerprint density at radius 3 is 2.22 bits per heavy atom. The number of hydrogen-bond acceptors (Lipinski definition) is 2. The third-order valence-electron chi connectivity index (χ3n) is 1.19. The van der Waals surface area contributed by atoms with Crippen molar-refractivity contribution in [2.24, 2.45) is 0 Å². The summed E-state index contributed by atoms with van der Waals surface area (Å²) in [6.07, 6.45) is 0.864. The molecule has 0 aromatic heterocycles. The van der Waals surface area contributed by atoms with E-state index in [1.54, 1.807) is 4.90 Å². The Labute approximate surface area is 53.7 Å². The Balaban J connectivity index is 0.000000640. The number of nitrogens with zero attached hydrogens (tertiary/aromatic N) is 1. The summed E-state index contributed by atoms with van der Waals surface area (Å²) in [5.74, 6) is 0. The van der Waals surface area contributed by atoms with Crippen molar-refractivity contribution in [1.29, 1.82) is 0 Å². The Bertz CT molecular complexity index is 80.3. The first-order chi connectivity index (χ1) is 3.93. The van der Waals surface area contributed by atoms with E-state index in [1.165, 1.54) is 0 Å². The normalized spacial score (nSPS) is 18.4. The van der Waals surface area contributed by atoms with Crippen molar-refractivity contribution < 1.29 is 15.0 Å². The molecule has 0 saturated carbocycles. The topological polar surface area (TPSA) is 61.0 Å². The summed E-state index contributed by atoms with van der Waals surface area (Å²) in [6, 6.07) is 0. The van der Waals surface area contributed by atoms with Crippen LogP contribution in [0.4, 0.5) is 0 Å². The van der Waals surface area contributed by atoms with Crippen LogP contribution >= 0.6 is 0 Å². The molecule has 1 rings (SSSR count). The van der Waals surface area contributed by atoms with Crippen LogP contribution in [0.1, 0.15) is 0 Å². The molecule has 0 radical (unpaired) electrons. The molecule has 0 aromatic carbocycles. The minimum atomic E-state index is 0. The number of carbonyl (C=O) groups is 1. The second kappa shape index (κ2) is 4.29. The zero-order valence-corrected chi connectivity index (χ0v) is 5.17. The molecule has 0 bridgehead atoms. The van der Waals surface area contributed by atoms with Crippen LogP contribution in [-0.4, -0.2) is 43.1 Å². The number of rotatable bonds is 1. The van der Waals surface area contributed by atoms with Gasteiger partial charge in [0.15, 0.2) is 0 Å². The first-order valence-electron chi connectivity index (χ1n) is 2.70. The Hall–Kier alpha value is -0.610. The van der Waals surface area contributed by atoms with E-state index in [-0.39, 0.29) is 5.48 Å². The van der Waals surface area contributed by atoms with Crippen molar-refractivity contribution in [2.75, 3.05) is 26.3 Å². The molecule has 1 amide bonds. The van der Waals surface area contributed by atoms with E-state index in [9.17, 15) is 4.79 Å². The van der Waals surface area contributed by atoms with Gasteiger partial charge in [-0.15, -0.1) is 0 Å². The molecule has 1 aliphatic rings. The van der Waals surface area contributed by atoms with Gasteiger partial charge in [-0.3, -0.25) is 4.79 Å². The summed E-state index contributed by atoms with van der Waals surface area (Å²) in [6.45, 7) is 2.89. The molecular weight excluding hydrogens is 122 g/mol. The highest BCUT2D eigenvalue weighted by atomic mass is 16.5. The lowest BCUT2D eigenvalue weighted by Crippen LogP contribution is -2.34. The lowest BCUT2D eigenvalue weighted by Gasteiger charge is -2.21. The summed E-state index contributed by atoms with van der Waals surface area (Å²) in [5.41, 5.74) is 0. The lowest BCUT2D eigenvalue weighted by atomic mass is 10.5. The smallest absolute Gasteiger partial charge is 0.209 e. The molecule has 1 heterocycles. The number of ether oxygens (including phenoxy) is 1. The fourth-order valence-electron chi connectivity index (χ4n) is 0.683. The van der Waals surface area contributed by atoms with Gasteiger partial charge in [-0.2, -0.15) is 0 Å². The fourth-order valence-corrected chi connectivity index (χ4v) is 0.683. The molecule has 1 fully saturated rings. The van der Waals surface area contributed by atoms with Crippen LogP contribution in [0.5, 0.6) is 0 Å². The average Bonchev–Trinajstić information content (AvgIpc) is 1.90. The van der Waals surface area contributed by atoms with Gasteiger partial charge in [0.2, 0.25) is 6.41 Å². The number of amides is 1. The van der Waals surface area contributed by atoms with E-state index in [1.807, 2.05) is 0 Å². The Morgan fingerprint density at radius 2 is 1.89 bits per heavy atom. The Kier molecular flexibility index (Phi) is 4.00. The Morgan fingerprint density at radius 1 is 1.33 bits per heavy atom. The van der Waals surface area contributed by atoms with E-state index in [0.717, 1.165) is 19.5 Å². The standard InChI is InChI=1S/C5H9NO2.H2O/c7-5-6-1-3-8-4-2-6;/h5H,1-4H2;1H2. The zero-order chi connectivity index (χ0) is 5.82. The van der Waals surface area contributed by atoms with Crippen molar-refractivity contribution in [1.82, 2.24) is 4.90 Å². The van der Waals surface area contributed by atoms with Crippen LogP contribution in [-0.2, 0) is 9.53 Å². The molecule has 54 valence electrons. The molecule has 0 aliphatic carbocycles. The van der Waals surface area contributed by atoms with Crippen LogP contribution in [0, 0.1) is 0 Å². The summed E-state index contributed by atoms with van der Waals surface area (Å²) >= 11 is 0. The predicted octanol–water partition coefficient (Wildman–Crippen LogP) is -1.35. The maximum Gasteiger partial charge on any atom is 0.209 e. The first kappa shape index (κ1) is 8.39. The number of carbonyl (C=O) groups excluding carboxylic acids is 1. The third-order valence-corrected chi connectivity index (χ3v) is 1.19. The van der Waals surface area contributed by atoms with E-state index in [4.69, 9.17) is 4.74 Å². The highest BCUT2D eigenvalue weighted by Gasteiger charge is 2.05. The van der Waals surface area contributed by atoms with Crippen molar-refractivity contribution >= 4 is 6.41 Å². The molecule has 0 atom stereocenters. The molecule has 1 aliphatic heterocycles. The van der Waals surface area contributed by atoms with Gasteiger partial charge in [-0.05, 0) is 0 Å². The van der Waals surface area contributed by atoms with Crippen LogP contribution < -0.4 is 0 Å². The maximum atomic E-state index is 10.0. The van der Waals surface area contributed by atoms with Gasteiger partial charge in [0.1, 0.15) is 0 Å².